The molecule has 0 saturated heterocycles. The first-order valence-corrected chi connectivity index (χ1v) is 10.4. The molecule has 0 N–H and O–H groups in total. The monoisotopic (exact) mass is 344 g/mol. The fourth-order valence-corrected chi connectivity index (χ4v) is 5.15. The minimum atomic E-state index is 0.288. The molecule has 0 amide bonds. The van der Waals surface area contributed by atoms with E-state index >= 15 is 0 Å². The van der Waals surface area contributed by atoms with Crippen molar-refractivity contribution < 1.29 is 9.47 Å². The van der Waals surface area contributed by atoms with E-state index in [0.29, 0.717) is 10.5 Å². The highest BCUT2D eigenvalue weighted by Gasteiger charge is 2.29. The maximum Gasteiger partial charge on any atom is 0.230 e. The van der Waals surface area contributed by atoms with E-state index in [1.54, 1.807) is 0 Å². The summed E-state index contributed by atoms with van der Waals surface area (Å²) in [6.07, 6.45) is 6.32. The minimum absolute atomic E-state index is 0.288. The van der Waals surface area contributed by atoms with Crippen molar-refractivity contribution in [3.05, 3.63) is 58.7 Å². The zero-order chi connectivity index (χ0) is 15.8. The van der Waals surface area contributed by atoms with Crippen LogP contribution in [0.1, 0.15) is 32.8 Å². The van der Waals surface area contributed by atoms with Crippen molar-refractivity contribution in [1.82, 2.24) is 0 Å². The number of rotatable bonds is 2. The van der Waals surface area contributed by atoms with Crippen LogP contribution in [0.25, 0.3) is 0 Å². The van der Waals surface area contributed by atoms with E-state index in [9.17, 15) is 0 Å². The van der Waals surface area contributed by atoms with Gasteiger partial charge in [-0.25, -0.2) is 0 Å². The lowest BCUT2D eigenvalue weighted by Gasteiger charge is -2.25. The van der Waals surface area contributed by atoms with Crippen molar-refractivity contribution in [2.45, 2.75) is 23.3 Å². The molecule has 2 unspecified atom stereocenters. The van der Waals surface area contributed by atoms with Gasteiger partial charge in [0.05, 0.1) is 0 Å². The van der Waals surface area contributed by atoms with Crippen LogP contribution in [-0.2, 0) is 12.8 Å². The van der Waals surface area contributed by atoms with Gasteiger partial charge >= 0.3 is 0 Å². The Bertz CT molecular complexity index is 679. The number of hydrogen-bond acceptors (Lipinski definition) is 4. The summed E-state index contributed by atoms with van der Waals surface area (Å²) in [7, 11) is 0. The highest BCUT2D eigenvalue weighted by Crippen LogP contribution is 2.47. The molecule has 2 atom stereocenters. The lowest BCUT2D eigenvalue weighted by Crippen LogP contribution is -2.08. The number of ether oxygens (including phenoxy) is 2. The first kappa shape index (κ1) is 15.3. The highest BCUT2D eigenvalue weighted by atomic mass is 32.2. The van der Waals surface area contributed by atoms with Crippen molar-refractivity contribution >= 4 is 23.5 Å². The number of para-hydroxylation sites is 2. The van der Waals surface area contributed by atoms with E-state index in [-0.39, 0.29) is 6.79 Å². The second-order valence-electron chi connectivity index (χ2n) is 5.93. The van der Waals surface area contributed by atoms with E-state index < -0.39 is 0 Å². The minimum Gasteiger partial charge on any atom is -0.457 e. The molecular formula is C19H20O2S2. The molecule has 2 aliphatic rings. The molecule has 0 aliphatic carbocycles. The first-order valence-electron chi connectivity index (χ1n) is 7.86. The number of hydrogen-bond donors (Lipinski definition) is 0. The van der Waals surface area contributed by atoms with Crippen LogP contribution in [0.3, 0.4) is 0 Å². The maximum absolute atomic E-state index is 6.14. The molecule has 2 nitrogen and oxygen atoms in total. The van der Waals surface area contributed by atoms with Crippen molar-refractivity contribution in [2.24, 2.45) is 0 Å². The van der Waals surface area contributed by atoms with E-state index in [1.165, 1.54) is 22.3 Å². The molecule has 0 fully saturated rings. The fourth-order valence-electron chi connectivity index (χ4n) is 3.58. The highest BCUT2D eigenvalue weighted by molar-refractivity contribution is 7.99. The van der Waals surface area contributed by atoms with Crippen LogP contribution in [0.5, 0.6) is 11.5 Å². The van der Waals surface area contributed by atoms with Crippen molar-refractivity contribution in [3.8, 4) is 11.5 Å². The predicted octanol–water partition coefficient (Wildman–Crippen LogP) is 5.02. The molecule has 0 radical (unpaired) electrons. The van der Waals surface area contributed by atoms with Gasteiger partial charge in [-0.05, 0) is 36.5 Å². The molecule has 120 valence electrons. The molecule has 2 aromatic carbocycles. The normalized spacial score (nSPS) is 22.0. The molecule has 2 aliphatic heterocycles. The summed E-state index contributed by atoms with van der Waals surface area (Å²) in [6, 6.07) is 13.2. The topological polar surface area (TPSA) is 18.5 Å². The quantitative estimate of drug-likeness (QED) is 0.761. The number of fused-ring (bicyclic) bond motifs is 2. The standard InChI is InChI=1S/C19H20O2S2/c1-22-16-9-12-5-3-6-13-10-17(23-2)15-8-4-7-14(16)19(15)21-11-20-18(12)13/h3-8,16-17H,9-11H2,1-2H3. The van der Waals surface area contributed by atoms with Gasteiger partial charge in [-0.15, -0.1) is 0 Å². The molecule has 4 rings (SSSR count). The molecule has 0 spiro atoms. The molecular weight excluding hydrogens is 324 g/mol. The molecule has 0 aromatic heterocycles. The average Bonchev–Trinajstić information content (AvgIpc) is 2.71. The van der Waals surface area contributed by atoms with Crippen LogP contribution in [0, 0.1) is 0 Å². The summed E-state index contributed by atoms with van der Waals surface area (Å²) in [4.78, 5) is 0. The Labute approximate surface area is 146 Å². The summed E-state index contributed by atoms with van der Waals surface area (Å²) in [5, 5.41) is 0.780. The van der Waals surface area contributed by atoms with Crippen molar-refractivity contribution in [3.63, 3.8) is 0 Å². The van der Waals surface area contributed by atoms with Gasteiger partial charge in [0.15, 0.2) is 0 Å². The Morgan fingerprint density at radius 1 is 0.783 bits per heavy atom. The molecule has 2 bridgehead atoms. The van der Waals surface area contributed by atoms with Gasteiger partial charge in [0.1, 0.15) is 11.5 Å². The van der Waals surface area contributed by atoms with Crippen LogP contribution >= 0.6 is 23.5 Å². The van der Waals surface area contributed by atoms with Gasteiger partial charge < -0.3 is 9.47 Å². The van der Waals surface area contributed by atoms with Crippen LogP contribution in [0.2, 0.25) is 0 Å². The van der Waals surface area contributed by atoms with Gasteiger partial charge in [0.25, 0.3) is 0 Å². The van der Waals surface area contributed by atoms with E-state index in [0.717, 1.165) is 24.3 Å². The maximum atomic E-state index is 6.14. The summed E-state index contributed by atoms with van der Waals surface area (Å²) >= 11 is 3.78. The summed E-state index contributed by atoms with van der Waals surface area (Å²) in [5.41, 5.74) is 5.20. The number of thioether (sulfide) groups is 2. The second-order valence-corrected chi connectivity index (χ2v) is 8.02. The average molecular weight is 345 g/mol. The van der Waals surface area contributed by atoms with Crippen molar-refractivity contribution in [2.75, 3.05) is 19.3 Å². The van der Waals surface area contributed by atoms with Gasteiger partial charge in [-0.1, -0.05) is 36.4 Å². The van der Waals surface area contributed by atoms with Gasteiger partial charge in [0, 0.05) is 21.6 Å². The predicted molar refractivity (Wildman–Crippen MR) is 98.9 cm³/mol. The van der Waals surface area contributed by atoms with Gasteiger partial charge in [0.2, 0.25) is 6.79 Å². The lowest BCUT2D eigenvalue weighted by molar-refractivity contribution is 0.118. The molecule has 2 heterocycles. The van der Waals surface area contributed by atoms with Crippen LogP contribution < -0.4 is 9.47 Å². The van der Waals surface area contributed by atoms with Crippen LogP contribution in [0.15, 0.2) is 36.4 Å². The Hall–Kier alpha value is -1.26. The lowest BCUT2D eigenvalue weighted by atomic mass is 9.92. The van der Waals surface area contributed by atoms with E-state index in [2.05, 4.69) is 48.9 Å². The Balaban J connectivity index is 2.00. The van der Waals surface area contributed by atoms with Gasteiger partial charge in [-0.2, -0.15) is 23.5 Å². The van der Waals surface area contributed by atoms with Crippen LogP contribution in [-0.4, -0.2) is 19.3 Å². The summed E-state index contributed by atoms with van der Waals surface area (Å²) < 4.78 is 12.2. The van der Waals surface area contributed by atoms with E-state index in [4.69, 9.17) is 9.47 Å². The third-order valence-electron chi connectivity index (χ3n) is 4.73. The Kier molecular flexibility index (Phi) is 4.20. The third-order valence-corrected chi connectivity index (χ3v) is 6.71. The van der Waals surface area contributed by atoms with Gasteiger partial charge in [-0.3, -0.25) is 0 Å². The second kappa shape index (κ2) is 6.33. The molecule has 2 aromatic rings. The fraction of sp³-hybridized carbons (Fsp3) is 0.368. The zero-order valence-electron chi connectivity index (χ0n) is 13.4. The largest absolute Gasteiger partial charge is 0.457 e. The smallest absolute Gasteiger partial charge is 0.230 e. The summed E-state index contributed by atoms with van der Waals surface area (Å²) in [6.45, 7) is 0.288. The zero-order valence-corrected chi connectivity index (χ0v) is 15.0. The molecule has 4 heteroatoms. The molecule has 23 heavy (non-hydrogen) atoms. The number of benzene rings is 2. The van der Waals surface area contributed by atoms with Crippen LogP contribution in [0.4, 0.5) is 0 Å². The molecule has 0 saturated carbocycles. The Morgan fingerprint density at radius 3 is 1.87 bits per heavy atom. The summed E-state index contributed by atoms with van der Waals surface area (Å²) in [5.74, 6) is 2.08. The van der Waals surface area contributed by atoms with E-state index in [1.807, 2.05) is 23.5 Å². The Morgan fingerprint density at radius 2 is 1.30 bits per heavy atom. The van der Waals surface area contributed by atoms with Crippen molar-refractivity contribution in [1.29, 1.82) is 0 Å². The first-order chi connectivity index (χ1) is 11.3. The SMILES string of the molecule is CSC1Cc2cccc3c2OCOc2c1cccc2C(SC)C3. The third kappa shape index (κ3) is 2.62.